The molecule has 1 aromatic rings. The molecule has 0 radical (unpaired) electrons. The van der Waals surface area contributed by atoms with Crippen LogP contribution in [0.3, 0.4) is 0 Å². The van der Waals surface area contributed by atoms with E-state index in [1.165, 1.54) is 0 Å². The molecule has 0 bridgehead atoms. The van der Waals surface area contributed by atoms with Crippen molar-refractivity contribution in [2.45, 2.75) is 18.9 Å². The first-order valence-electron chi connectivity index (χ1n) is 6.58. The molecule has 2 heterocycles. The van der Waals surface area contributed by atoms with E-state index in [0.29, 0.717) is 23.7 Å². The maximum absolute atomic E-state index is 12.5. The summed E-state index contributed by atoms with van der Waals surface area (Å²) in [7, 11) is 0. The fourth-order valence-electron chi connectivity index (χ4n) is 3.27. The number of likely N-dealkylation sites (tertiary alicyclic amines) is 1. The van der Waals surface area contributed by atoms with Gasteiger partial charge in [-0.25, -0.2) is 0 Å². The second-order valence-electron chi connectivity index (χ2n) is 5.34. The lowest BCUT2D eigenvalue weighted by molar-refractivity contribution is 0.0753. The van der Waals surface area contributed by atoms with E-state index >= 15 is 0 Å². The molecule has 1 aliphatic heterocycles. The topological polar surface area (TPSA) is 91.5 Å². The number of amides is 1. The summed E-state index contributed by atoms with van der Waals surface area (Å²) >= 11 is 0. The highest BCUT2D eigenvalue weighted by atomic mass is 16.3. The van der Waals surface area contributed by atoms with Crippen LogP contribution in [0.1, 0.15) is 23.2 Å². The van der Waals surface area contributed by atoms with Crippen molar-refractivity contribution >= 4 is 11.6 Å². The summed E-state index contributed by atoms with van der Waals surface area (Å²) < 4.78 is 0. The number of fused-ring (bicyclic) bond motifs is 1. The van der Waals surface area contributed by atoms with Crippen LogP contribution in [0, 0.1) is 11.8 Å². The van der Waals surface area contributed by atoms with E-state index in [9.17, 15) is 9.90 Å². The Kier molecular flexibility index (Phi) is 3.12. The molecule has 2 fully saturated rings. The molecule has 1 saturated carbocycles. The molecule has 19 heavy (non-hydrogen) atoms. The van der Waals surface area contributed by atoms with Crippen LogP contribution in [-0.2, 0) is 0 Å². The van der Waals surface area contributed by atoms with Gasteiger partial charge in [-0.05, 0) is 24.8 Å². The molecule has 4 N–H and O–H groups in total. The van der Waals surface area contributed by atoms with Gasteiger partial charge in [0.15, 0.2) is 0 Å². The van der Waals surface area contributed by atoms with Gasteiger partial charge in [0.25, 0.3) is 5.91 Å². The Labute approximate surface area is 111 Å². The highest BCUT2D eigenvalue weighted by molar-refractivity contribution is 5.99. The van der Waals surface area contributed by atoms with Gasteiger partial charge < -0.3 is 15.4 Å². The van der Waals surface area contributed by atoms with Crippen molar-refractivity contribution in [3.05, 3.63) is 24.0 Å². The van der Waals surface area contributed by atoms with Crippen LogP contribution < -0.4 is 11.3 Å². The molecule has 0 aromatic carbocycles. The molecule has 1 aliphatic carbocycles. The number of anilines is 1. The van der Waals surface area contributed by atoms with Crippen molar-refractivity contribution in [1.82, 2.24) is 9.88 Å². The quantitative estimate of drug-likeness (QED) is 0.523. The average Bonchev–Trinajstić information content (AvgIpc) is 3.00. The smallest absolute Gasteiger partial charge is 0.256 e. The molecule has 2 aliphatic rings. The van der Waals surface area contributed by atoms with E-state index in [0.717, 1.165) is 19.4 Å². The van der Waals surface area contributed by atoms with E-state index in [1.54, 1.807) is 18.5 Å². The van der Waals surface area contributed by atoms with Crippen molar-refractivity contribution in [3.8, 4) is 0 Å². The third-order valence-electron chi connectivity index (χ3n) is 4.31. The van der Waals surface area contributed by atoms with Crippen LogP contribution in [0.2, 0.25) is 0 Å². The Morgan fingerprint density at radius 3 is 3.05 bits per heavy atom. The number of aliphatic hydroxyl groups is 1. The SMILES string of the molecule is NNc1cnccc1C(=O)N1CC2CCC(O)C2C1. The number of aliphatic hydroxyl groups excluding tert-OH is 1. The summed E-state index contributed by atoms with van der Waals surface area (Å²) in [6.07, 6.45) is 4.74. The number of nitrogens with two attached hydrogens (primary N) is 1. The molecule has 102 valence electrons. The lowest BCUT2D eigenvalue weighted by Crippen LogP contribution is -2.32. The van der Waals surface area contributed by atoms with Gasteiger partial charge in [0.2, 0.25) is 0 Å². The van der Waals surface area contributed by atoms with Crippen LogP contribution in [0.25, 0.3) is 0 Å². The van der Waals surface area contributed by atoms with E-state index < -0.39 is 0 Å². The zero-order valence-electron chi connectivity index (χ0n) is 10.6. The molecule has 3 rings (SSSR count). The number of hydrogen-bond acceptors (Lipinski definition) is 5. The largest absolute Gasteiger partial charge is 0.393 e. The first kappa shape index (κ1) is 12.4. The van der Waals surface area contributed by atoms with Crippen molar-refractivity contribution in [3.63, 3.8) is 0 Å². The van der Waals surface area contributed by atoms with Crippen LogP contribution in [-0.4, -0.2) is 40.1 Å². The Hall–Kier alpha value is -1.66. The predicted octanol–water partition coefficient (Wildman–Crippen LogP) is 0.210. The summed E-state index contributed by atoms with van der Waals surface area (Å²) in [5, 5.41) is 9.89. The molecule has 3 atom stereocenters. The molecular weight excluding hydrogens is 244 g/mol. The summed E-state index contributed by atoms with van der Waals surface area (Å²) in [6, 6.07) is 1.67. The lowest BCUT2D eigenvalue weighted by Gasteiger charge is -2.19. The summed E-state index contributed by atoms with van der Waals surface area (Å²) in [4.78, 5) is 18.2. The number of hydrazine groups is 1. The molecule has 1 saturated heterocycles. The summed E-state index contributed by atoms with van der Waals surface area (Å²) in [5.74, 6) is 6.03. The number of pyridine rings is 1. The first-order chi connectivity index (χ1) is 9.20. The van der Waals surface area contributed by atoms with Crippen LogP contribution in [0.4, 0.5) is 5.69 Å². The van der Waals surface area contributed by atoms with Crippen LogP contribution in [0.5, 0.6) is 0 Å². The summed E-state index contributed by atoms with van der Waals surface area (Å²) in [5.41, 5.74) is 3.57. The molecule has 3 unspecified atom stereocenters. The number of nitrogens with zero attached hydrogens (tertiary/aromatic N) is 2. The van der Waals surface area contributed by atoms with Crippen LogP contribution in [0.15, 0.2) is 18.5 Å². The zero-order chi connectivity index (χ0) is 13.4. The Balaban J connectivity index is 1.78. The number of aromatic nitrogens is 1. The average molecular weight is 262 g/mol. The van der Waals surface area contributed by atoms with Crippen LogP contribution >= 0.6 is 0 Å². The van der Waals surface area contributed by atoms with Gasteiger partial charge in [0.05, 0.1) is 23.6 Å². The van der Waals surface area contributed by atoms with Crippen molar-refractivity contribution in [2.75, 3.05) is 18.5 Å². The highest BCUT2D eigenvalue weighted by Gasteiger charge is 2.43. The Morgan fingerprint density at radius 1 is 1.47 bits per heavy atom. The standard InChI is InChI=1S/C13H18N4O2/c14-16-11-5-15-4-3-9(11)13(19)17-6-8-1-2-12(18)10(8)7-17/h3-5,8,10,12,16,18H,1-2,6-7,14H2. The number of carbonyl (C=O) groups excluding carboxylic acids is 1. The molecule has 6 nitrogen and oxygen atoms in total. The first-order valence-corrected chi connectivity index (χ1v) is 6.58. The normalized spacial score (nSPS) is 29.4. The van der Waals surface area contributed by atoms with Gasteiger partial charge in [-0.15, -0.1) is 0 Å². The second-order valence-corrected chi connectivity index (χ2v) is 5.34. The number of nitrogen functional groups attached to an aromatic ring is 1. The fourth-order valence-corrected chi connectivity index (χ4v) is 3.27. The highest BCUT2D eigenvalue weighted by Crippen LogP contribution is 2.38. The predicted molar refractivity (Wildman–Crippen MR) is 70.2 cm³/mol. The van der Waals surface area contributed by atoms with Gasteiger partial charge in [-0.1, -0.05) is 0 Å². The van der Waals surface area contributed by atoms with E-state index in [-0.39, 0.29) is 17.9 Å². The zero-order valence-corrected chi connectivity index (χ0v) is 10.6. The number of rotatable bonds is 2. The molecule has 1 aromatic heterocycles. The number of carbonyl (C=O) groups is 1. The fraction of sp³-hybridized carbons (Fsp3) is 0.538. The van der Waals surface area contributed by atoms with Gasteiger partial charge in [0.1, 0.15) is 0 Å². The minimum Gasteiger partial charge on any atom is -0.393 e. The maximum atomic E-state index is 12.5. The van der Waals surface area contributed by atoms with E-state index in [4.69, 9.17) is 5.84 Å². The number of nitrogens with one attached hydrogen (secondary N) is 1. The van der Waals surface area contributed by atoms with Gasteiger partial charge >= 0.3 is 0 Å². The van der Waals surface area contributed by atoms with Gasteiger partial charge in [0, 0.05) is 25.2 Å². The molecule has 6 heteroatoms. The second kappa shape index (κ2) is 4.79. The third kappa shape index (κ3) is 2.06. The minimum atomic E-state index is -0.257. The van der Waals surface area contributed by atoms with Crippen molar-refractivity contribution in [2.24, 2.45) is 17.7 Å². The molecular formula is C13H18N4O2. The van der Waals surface area contributed by atoms with E-state index in [1.807, 2.05) is 4.90 Å². The maximum Gasteiger partial charge on any atom is 0.256 e. The van der Waals surface area contributed by atoms with Gasteiger partial charge in [-0.3, -0.25) is 15.6 Å². The lowest BCUT2D eigenvalue weighted by atomic mass is 10.00. The van der Waals surface area contributed by atoms with E-state index in [2.05, 4.69) is 10.4 Å². The monoisotopic (exact) mass is 262 g/mol. The number of hydrogen-bond donors (Lipinski definition) is 3. The Morgan fingerprint density at radius 2 is 2.32 bits per heavy atom. The van der Waals surface area contributed by atoms with Gasteiger partial charge in [-0.2, -0.15) is 0 Å². The third-order valence-corrected chi connectivity index (χ3v) is 4.31. The minimum absolute atomic E-state index is 0.0445. The Bertz CT molecular complexity index is 493. The van der Waals surface area contributed by atoms with Crippen molar-refractivity contribution in [1.29, 1.82) is 0 Å². The molecule has 1 amide bonds. The van der Waals surface area contributed by atoms with Crippen molar-refractivity contribution < 1.29 is 9.90 Å². The molecule has 0 spiro atoms. The summed E-state index contributed by atoms with van der Waals surface area (Å²) in [6.45, 7) is 1.36.